The fraction of sp³-hybridized carbons (Fsp3) is 0.882. The van der Waals surface area contributed by atoms with Crippen LogP contribution in [0.3, 0.4) is 0 Å². The largest absolute Gasteiger partial charge is 0.379 e. The quantitative estimate of drug-likeness (QED) is 0.659. The maximum atomic E-state index is 12.7. The Morgan fingerprint density at radius 1 is 1.12 bits per heavy atom. The molecule has 3 aliphatic rings. The third-order valence-electron chi connectivity index (χ3n) is 5.06. The van der Waals surface area contributed by atoms with Crippen molar-refractivity contribution in [3.05, 3.63) is 0 Å². The van der Waals surface area contributed by atoms with Crippen LogP contribution >= 0.6 is 0 Å². The molecule has 0 aliphatic carbocycles. The molecule has 3 fully saturated rings. The van der Waals surface area contributed by atoms with Gasteiger partial charge in [-0.2, -0.15) is 0 Å². The van der Waals surface area contributed by atoms with Gasteiger partial charge in [-0.05, 0) is 13.8 Å². The summed E-state index contributed by atoms with van der Waals surface area (Å²) in [5.74, 6) is 0.0866. The standard InChI is InChI=1S/C17H29N3O5/c1-14(2)20-12-17(13-24-10-16(20)22)11-19(5-8-25-17)15(21)9-18-3-6-23-7-4-18/h14H,3-13H2,1-2H3. The molecule has 0 radical (unpaired) electrons. The van der Waals surface area contributed by atoms with E-state index in [0.717, 1.165) is 13.1 Å². The molecule has 0 saturated carbocycles. The maximum Gasteiger partial charge on any atom is 0.248 e. The number of amides is 2. The van der Waals surface area contributed by atoms with Crippen LogP contribution in [-0.2, 0) is 23.8 Å². The van der Waals surface area contributed by atoms with E-state index >= 15 is 0 Å². The van der Waals surface area contributed by atoms with E-state index in [4.69, 9.17) is 14.2 Å². The first kappa shape index (κ1) is 18.6. The number of carbonyl (C=O) groups is 2. The summed E-state index contributed by atoms with van der Waals surface area (Å²) in [4.78, 5) is 30.7. The van der Waals surface area contributed by atoms with E-state index < -0.39 is 5.60 Å². The van der Waals surface area contributed by atoms with E-state index in [9.17, 15) is 9.59 Å². The van der Waals surface area contributed by atoms with Crippen LogP contribution in [0.5, 0.6) is 0 Å². The molecule has 2 amide bonds. The van der Waals surface area contributed by atoms with Crippen molar-refractivity contribution in [2.45, 2.75) is 25.5 Å². The fourth-order valence-electron chi connectivity index (χ4n) is 3.61. The molecule has 8 heteroatoms. The van der Waals surface area contributed by atoms with Gasteiger partial charge in [-0.25, -0.2) is 0 Å². The highest BCUT2D eigenvalue weighted by atomic mass is 16.5. The van der Waals surface area contributed by atoms with E-state index in [1.54, 1.807) is 4.90 Å². The molecular weight excluding hydrogens is 326 g/mol. The zero-order valence-corrected chi connectivity index (χ0v) is 15.2. The van der Waals surface area contributed by atoms with Crippen molar-refractivity contribution in [3.63, 3.8) is 0 Å². The molecule has 0 aromatic heterocycles. The predicted octanol–water partition coefficient (Wildman–Crippen LogP) is -0.817. The van der Waals surface area contributed by atoms with Gasteiger partial charge < -0.3 is 24.0 Å². The molecule has 0 aromatic carbocycles. The Kier molecular flexibility index (Phi) is 5.93. The van der Waals surface area contributed by atoms with Crippen LogP contribution in [0, 0.1) is 0 Å². The second-order valence-corrected chi connectivity index (χ2v) is 7.34. The minimum atomic E-state index is -0.630. The Labute approximate surface area is 149 Å². The minimum absolute atomic E-state index is 0.0211. The second kappa shape index (κ2) is 7.99. The molecule has 3 heterocycles. The highest BCUT2D eigenvalue weighted by Gasteiger charge is 2.43. The van der Waals surface area contributed by atoms with Gasteiger partial charge in [0.2, 0.25) is 11.8 Å². The Hall–Kier alpha value is -1.22. The van der Waals surface area contributed by atoms with Crippen LogP contribution in [-0.4, -0.2) is 110 Å². The first-order chi connectivity index (χ1) is 12.0. The highest BCUT2D eigenvalue weighted by molar-refractivity contribution is 5.79. The van der Waals surface area contributed by atoms with Gasteiger partial charge in [0.15, 0.2) is 0 Å². The van der Waals surface area contributed by atoms with Crippen molar-refractivity contribution in [1.82, 2.24) is 14.7 Å². The molecule has 1 unspecified atom stereocenters. The summed E-state index contributed by atoms with van der Waals surface area (Å²) in [7, 11) is 0. The number of nitrogens with zero attached hydrogens (tertiary/aromatic N) is 3. The van der Waals surface area contributed by atoms with Crippen molar-refractivity contribution >= 4 is 11.8 Å². The summed E-state index contributed by atoms with van der Waals surface area (Å²) < 4.78 is 17.0. The molecule has 1 atom stereocenters. The van der Waals surface area contributed by atoms with Crippen LogP contribution in [0.4, 0.5) is 0 Å². The smallest absolute Gasteiger partial charge is 0.248 e. The van der Waals surface area contributed by atoms with Crippen LogP contribution in [0.15, 0.2) is 0 Å². The summed E-state index contributed by atoms with van der Waals surface area (Å²) in [6, 6.07) is 0.0779. The Morgan fingerprint density at radius 3 is 2.60 bits per heavy atom. The normalized spacial score (nSPS) is 29.3. The van der Waals surface area contributed by atoms with Gasteiger partial charge in [0.05, 0.1) is 46.1 Å². The molecule has 1 spiro atoms. The fourth-order valence-corrected chi connectivity index (χ4v) is 3.61. The van der Waals surface area contributed by atoms with E-state index in [-0.39, 0.29) is 24.5 Å². The van der Waals surface area contributed by atoms with Gasteiger partial charge in [-0.3, -0.25) is 14.5 Å². The second-order valence-electron chi connectivity index (χ2n) is 7.34. The van der Waals surface area contributed by atoms with Crippen molar-refractivity contribution in [2.75, 3.05) is 72.3 Å². The van der Waals surface area contributed by atoms with Crippen molar-refractivity contribution in [3.8, 4) is 0 Å². The molecule has 3 saturated heterocycles. The first-order valence-corrected chi connectivity index (χ1v) is 9.08. The van der Waals surface area contributed by atoms with E-state index in [2.05, 4.69) is 4.90 Å². The third-order valence-corrected chi connectivity index (χ3v) is 5.06. The van der Waals surface area contributed by atoms with E-state index in [0.29, 0.717) is 52.6 Å². The number of hydrogen-bond acceptors (Lipinski definition) is 6. The van der Waals surface area contributed by atoms with Crippen LogP contribution in [0.2, 0.25) is 0 Å². The van der Waals surface area contributed by atoms with Gasteiger partial charge >= 0.3 is 0 Å². The molecule has 142 valence electrons. The van der Waals surface area contributed by atoms with Crippen LogP contribution in [0.1, 0.15) is 13.8 Å². The number of morpholine rings is 2. The highest BCUT2D eigenvalue weighted by Crippen LogP contribution is 2.24. The average Bonchev–Trinajstić information content (AvgIpc) is 2.75. The first-order valence-electron chi connectivity index (χ1n) is 9.08. The summed E-state index contributed by atoms with van der Waals surface area (Å²) in [5, 5.41) is 0. The van der Waals surface area contributed by atoms with Gasteiger partial charge in [-0.15, -0.1) is 0 Å². The zero-order chi connectivity index (χ0) is 17.9. The van der Waals surface area contributed by atoms with E-state index in [1.807, 2.05) is 18.7 Å². The van der Waals surface area contributed by atoms with Crippen molar-refractivity contribution in [1.29, 1.82) is 0 Å². The maximum absolute atomic E-state index is 12.7. The summed E-state index contributed by atoms with van der Waals surface area (Å²) in [6.07, 6.45) is 0. The minimum Gasteiger partial charge on any atom is -0.379 e. The summed E-state index contributed by atoms with van der Waals surface area (Å²) in [6.45, 7) is 9.72. The molecule has 0 aromatic rings. The van der Waals surface area contributed by atoms with Crippen LogP contribution in [0.25, 0.3) is 0 Å². The summed E-state index contributed by atoms with van der Waals surface area (Å²) >= 11 is 0. The number of hydrogen-bond donors (Lipinski definition) is 0. The molecule has 8 nitrogen and oxygen atoms in total. The predicted molar refractivity (Wildman–Crippen MR) is 90.2 cm³/mol. The lowest BCUT2D eigenvalue weighted by Gasteiger charge is -2.44. The monoisotopic (exact) mass is 355 g/mol. The lowest BCUT2D eigenvalue weighted by Crippen LogP contribution is -2.61. The van der Waals surface area contributed by atoms with Crippen molar-refractivity contribution in [2.24, 2.45) is 0 Å². The number of carbonyl (C=O) groups excluding carboxylic acids is 2. The lowest BCUT2D eigenvalue weighted by atomic mass is 10.0. The van der Waals surface area contributed by atoms with Gasteiger partial charge in [0.25, 0.3) is 0 Å². The Morgan fingerprint density at radius 2 is 1.88 bits per heavy atom. The topological polar surface area (TPSA) is 71.6 Å². The number of ether oxygens (including phenoxy) is 3. The van der Waals surface area contributed by atoms with Crippen LogP contribution < -0.4 is 0 Å². The molecule has 3 aliphatic heterocycles. The molecular formula is C17H29N3O5. The lowest BCUT2D eigenvalue weighted by molar-refractivity contribution is -0.163. The van der Waals surface area contributed by atoms with Gasteiger partial charge in [-0.1, -0.05) is 0 Å². The molecule has 0 N–H and O–H groups in total. The van der Waals surface area contributed by atoms with Gasteiger partial charge in [0.1, 0.15) is 12.2 Å². The Balaban J connectivity index is 1.64. The average molecular weight is 355 g/mol. The SMILES string of the molecule is CC(C)N1CC2(COCC1=O)CN(C(=O)CN1CCOCC1)CCO2. The van der Waals surface area contributed by atoms with Gasteiger partial charge in [0, 0.05) is 25.7 Å². The zero-order valence-electron chi connectivity index (χ0n) is 15.2. The van der Waals surface area contributed by atoms with Crippen molar-refractivity contribution < 1.29 is 23.8 Å². The Bertz CT molecular complexity index is 495. The molecule has 3 rings (SSSR count). The van der Waals surface area contributed by atoms with E-state index in [1.165, 1.54) is 0 Å². The molecule has 0 bridgehead atoms. The number of rotatable bonds is 3. The summed E-state index contributed by atoms with van der Waals surface area (Å²) in [5.41, 5.74) is -0.630. The third kappa shape index (κ3) is 4.49. The molecule has 25 heavy (non-hydrogen) atoms.